The van der Waals surface area contributed by atoms with Crippen molar-refractivity contribution < 1.29 is 32.3 Å². The first-order valence-corrected chi connectivity index (χ1v) is 13.3. The van der Waals surface area contributed by atoms with Gasteiger partial charge in [-0.1, -0.05) is 11.6 Å². The maximum Gasteiger partial charge on any atom is 0.265 e. The largest absolute Gasteiger partial charge is 0.483 e. The van der Waals surface area contributed by atoms with Gasteiger partial charge in [0.1, 0.15) is 41.7 Å². The molecule has 14 heteroatoms. The Kier molecular flexibility index (Phi) is 6.51. The van der Waals surface area contributed by atoms with E-state index in [9.17, 15) is 13.4 Å². The maximum absolute atomic E-state index is 14.2. The summed E-state index contributed by atoms with van der Waals surface area (Å²) in [7, 11) is -1.23. The fourth-order valence-electron chi connectivity index (χ4n) is 4.20. The second-order valence-corrected chi connectivity index (χ2v) is 11.1. The number of fused-ring (bicyclic) bond motifs is 2. The molecule has 2 saturated heterocycles. The van der Waals surface area contributed by atoms with Crippen molar-refractivity contribution in [1.29, 1.82) is 0 Å². The summed E-state index contributed by atoms with van der Waals surface area (Å²) in [6.07, 6.45) is 2.62. The fourth-order valence-corrected chi connectivity index (χ4v) is 5.01. The van der Waals surface area contributed by atoms with Crippen molar-refractivity contribution in [2.45, 2.75) is 24.4 Å². The monoisotopic (exact) mass is 539 g/mol. The molecule has 2 aliphatic heterocycles. The van der Waals surface area contributed by atoms with E-state index in [-0.39, 0.29) is 52.6 Å². The van der Waals surface area contributed by atoms with Crippen LogP contribution >= 0.6 is 11.6 Å². The molecule has 0 bridgehead atoms. The summed E-state index contributed by atoms with van der Waals surface area (Å²) >= 11 is 6.49. The Morgan fingerprint density at radius 3 is 2.75 bits per heavy atom. The van der Waals surface area contributed by atoms with E-state index in [0.717, 1.165) is 0 Å². The SMILES string of the molecule is C=S(C)(=O)NC(=O)c1cn2ncnc(Nc3ccc(F)cc3OC3COC4C(OC)COC34)c2c1Cl. The van der Waals surface area contributed by atoms with Crippen LogP contribution < -0.4 is 14.8 Å². The second-order valence-electron chi connectivity index (χ2n) is 8.49. The van der Waals surface area contributed by atoms with Gasteiger partial charge in [0.05, 0.1) is 29.5 Å². The van der Waals surface area contributed by atoms with Crippen molar-refractivity contribution >= 4 is 50.1 Å². The minimum atomic E-state index is -2.82. The highest BCUT2D eigenvalue weighted by atomic mass is 35.5. The quantitative estimate of drug-likeness (QED) is 0.432. The Morgan fingerprint density at radius 2 is 2.03 bits per heavy atom. The number of carbonyl (C=O) groups excluding carboxylic acids is 1. The zero-order chi connectivity index (χ0) is 25.6. The van der Waals surface area contributed by atoms with E-state index >= 15 is 0 Å². The third-order valence-corrected chi connectivity index (χ3v) is 6.81. The molecule has 2 aromatic heterocycles. The summed E-state index contributed by atoms with van der Waals surface area (Å²) in [6, 6.07) is 3.99. The van der Waals surface area contributed by atoms with Crippen LogP contribution in [-0.4, -0.2) is 81.6 Å². The van der Waals surface area contributed by atoms with Crippen LogP contribution in [0.25, 0.3) is 5.52 Å². The maximum atomic E-state index is 14.2. The summed E-state index contributed by atoms with van der Waals surface area (Å²) in [5.41, 5.74) is 0.700. The van der Waals surface area contributed by atoms with Gasteiger partial charge in [0.25, 0.3) is 5.91 Å². The number of amides is 1. The lowest BCUT2D eigenvalue weighted by molar-refractivity contribution is -0.0138. The van der Waals surface area contributed by atoms with Crippen LogP contribution in [0, 0.1) is 5.82 Å². The number of carbonyl (C=O) groups is 1. The van der Waals surface area contributed by atoms with Gasteiger partial charge in [-0.2, -0.15) is 5.10 Å². The van der Waals surface area contributed by atoms with Crippen LogP contribution in [0.15, 0.2) is 30.7 Å². The number of anilines is 2. The van der Waals surface area contributed by atoms with E-state index in [1.54, 1.807) is 7.11 Å². The van der Waals surface area contributed by atoms with Gasteiger partial charge in [0.2, 0.25) is 0 Å². The van der Waals surface area contributed by atoms with Gasteiger partial charge in [-0.3, -0.25) is 9.52 Å². The van der Waals surface area contributed by atoms with Gasteiger partial charge < -0.3 is 24.3 Å². The van der Waals surface area contributed by atoms with Gasteiger partial charge in [-0.25, -0.2) is 18.1 Å². The highest BCUT2D eigenvalue weighted by Crippen LogP contribution is 2.36. The molecule has 4 heterocycles. The van der Waals surface area contributed by atoms with Gasteiger partial charge in [-0.15, -0.1) is 0 Å². The molecule has 36 heavy (non-hydrogen) atoms. The van der Waals surface area contributed by atoms with E-state index in [1.807, 2.05) is 0 Å². The average Bonchev–Trinajstić information content (AvgIpc) is 3.49. The number of nitrogens with one attached hydrogen (secondary N) is 2. The van der Waals surface area contributed by atoms with Crippen molar-refractivity contribution in [3.63, 3.8) is 0 Å². The predicted molar refractivity (Wildman–Crippen MR) is 131 cm³/mol. The normalized spacial score (nSPS) is 24.9. The molecular weight excluding hydrogens is 517 g/mol. The Morgan fingerprint density at radius 1 is 1.31 bits per heavy atom. The zero-order valence-corrected chi connectivity index (χ0v) is 20.8. The fraction of sp³-hybridized carbons (Fsp3) is 0.364. The Hall–Kier alpha value is -2.97. The molecule has 2 N–H and O–H groups in total. The molecule has 1 amide bonds. The summed E-state index contributed by atoms with van der Waals surface area (Å²) < 4.78 is 52.8. The standard InChI is InChI=1S/C22H23ClFN5O6S/c1-32-15-8-33-20-16(9-34-19(15)20)35-14-6-11(24)4-5-13(14)27-21-18-17(23)12(7-29(18)26-10-25-21)22(30)28-36(2,3)31/h4-7,10,15-16,19-20H,2,8-9H2,1,3H3,(H,25,26,27)(H,28,30,31). The molecule has 2 aliphatic rings. The van der Waals surface area contributed by atoms with Gasteiger partial charge in [0, 0.05) is 35.3 Å². The second kappa shape index (κ2) is 9.48. The minimum absolute atomic E-state index is 0.0285. The first-order valence-electron chi connectivity index (χ1n) is 10.8. The van der Waals surface area contributed by atoms with E-state index in [4.69, 9.17) is 30.5 Å². The van der Waals surface area contributed by atoms with Crippen LogP contribution in [0.1, 0.15) is 10.4 Å². The topological polar surface area (TPSA) is 125 Å². The predicted octanol–water partition coefficient (Wildman–Crippen LogP) is 1.82. The minimum Gasteiger partial charge on any atom is -0.483 e. The van der Waals surface area contributed by atoms with Crippen LogP contribution in [0.2, 0.25) is 5.02 Å². The van der Waals surface area contributed by atoms with E-state index in [2.05, 4.69) is 26.0 Å². The van der Waals surface area contributed by atoms with E-state index in [1.165, 1.54) is 41.5 Å². The molecule has 0 spiro atoms. The third kappa shape index (κ3) is 4.72. The molecule has 5 unspecified atom stereocenters. The molecular formula is C22H23ClFN5O6S. The Bertz CT molecular complexity index is 1430. The first kappa shape index (κ1) is 24.7. The number of methoxy groups -OCH3 is 1. The zero-order valence-electron chi connectivity index (χ0n) is 19.3. The number of aromatic nitrogens is 3. The Balaban J connectivity index is 1.45. The Labute approximate surface area is 211 Å². The number of ether oxygens (including phenoxy) is 4. The number of rotatable bonds is 7. The number of hydrogen-bond acceptors (Lipinski definition) is 9. The summed E-state index contributed by atoms with van der Waals surface area (Å²) in [4.78, 5) is 16.8. The van der Waals surface area contributed by atoms with Gasteiger partial charge in [-0.05, 0) is 18.0 Å². The summed E-state index contributed by atoms with van der Waals surface area (Å²) in [5.74, 6) is 2.67. The van der Waals surface area contributed by atoms with Crippen molar-refractivity contribution in [1.82, 2.24) is 19.3 Å². The van der Waals surface area contributed by atoms with E-state index in [0.29, 0.717) is 12.3 Å². The van der Waals surface area contributed by atoms with E-state index < -0.39 is 27.5 Å². The van der Waals surface area contributed by atoms with Crippen molar-refractivity contribution in [3.8, 4) is 5.75 Å². The molecule has 1 aromatic carbocycles. The van der Waals surface area contributed by atoms with Crippen molar-refractivity contribution in [2.75, 3.05) is 31.9 Å². The molecule has 0 radical (unpaired) electrons. The van der Waals surface area contributed by atoms with Crippen LogP contribution in [0.4, 0.5) is 15.9 Å². The molecule has 5 rings (SSSR count). The highest BCUT2D eigenvalue weighted by Gasteiger charge is 2.49. The third-order valence-electron chi connectivity index (χ3n) is 5.81. The summed E-state index contributed by atoms with van der Waals surface area (Å²) in [5, 5.41) is 7.20. The number of nitrogens with zero attached hydrogens (tertiary/aromatic N) is 3. The average molecular weight is 540 g/mol. The molecule has 2 fully saturated rings. The molecule has 0 saturated carbocycles. The van der Waals surface area contributed by atoms with Gasteiger partial charge in [0.15, 0.2) is 11.9 Å². The molecule has 192 valence electrons. The first-order chi connectivity index (χ1) is 17.1. The van der Waals surface area contributed by atoms with Gasteiger partial charge >= 0.3 is 0 Å². The lowest BCUT2D eigenvalue weighted by Crippen LogP contribution is -2.35. The number of halogens is 2. The number of benzene rings is 1. The molecule has 0 aliphatic carbocycles. The lowest BCUT2D eigenvalue weighted by atomic mass is 10.1. The number of hydrogen-bond donors (Lipinski definition) is 2. The van der Waals surface area contributed by atoms with Crippen molar-refractivity contribution in [3.05, 3.63) is 47.1 Å². The molecule has 3 aromatic rings. The molecule has 5 atom stereocenters. The summed E-state index contributed by atoms with van der Waals surface area (Å²) in [6.45, 7) is 0.626. The highest BCUT2D eigenvalue weighted by molar-refractivity contribution is 7.98. The smallest absolute Gasteiger partial charge is 0.265 e. The van der Waals surface area contributed by atoms with Crippen LogP contribution in [0.3, 0.4) is 0 Å². The van der Waals surface area contributed by atoms with Crippen LogP contribution in [0.5, 0.6) is 5.75 Å². The molecule has 11 nitrogen and oxygen atoms in total. The van der Waals surface area contributed by atoms with Crippen molar-refractivity contribution in [2.24, 2.45) is 0 Å². The lowest BCUT2D eigenvalue weighted by Gasteiger charge is -2.20. The van der Waals surface area contributed by atoms with Crippen LogP contribution in [-0.2, 0) is 23.9 Å².